The second kappa shape index (κ2) is 8.27. The van der Waals surface area contributed by atoms with Crippen LogP contribution in [0.15, 0.2) is 41.3 Å². The van der Waals surface area contributed by atoms with Crippen LogP contribution in [-0.4, -0.2) is 19.9 Å². The fourth-order valence-corrected chi connectivity index (χ4v) is 4.12. The summed E-state index contributed by atoms with van der Waals surface area (Å²) in [4.78, 5) is 17.5. The number of nitro benzene ring substituents is 1. The van der Waals surface area contributed by atoms with Crippen LogP contribution >= 0.6 is 34.2 Å². The number of sulfonamides is 1. The van der Waals surface area contributed by atoms with Crippen molar-refractivity contribution in [2.24, 2.45) is 5.92 Å². The van der Waals surface area contributed by atoms with E-state index in [0.29, 0.717) is 16.6 Å². The van der Waals surface area contributed by atoms with Crippen LogP contribution < -0.4 is 10.2 Å². The third-order valence-electron chi connectivity index (χ3n) is 3.85. The van der Waals surface area contributed by atoms with E-state index >= 15 is 0 Å². The van der Waals surface area contributed by atoms with Crippen molar-refractivity contribution in [3.8, 4) is 0 Å². The number of nitrogens with zero attached hydrogens (tertiary/aromatic N) is 1. The second-order valence-electron chi connectivity index (χ2n) is 6.03. The van der Waals surface area contributed by atoms with Crippen molar-refractivity contribution in [2.45, 2.75) is 17.7 Å². The first-order chi connectivity index (χ1) is 12.8. The highest BCUT2D eigenvalue weighted by molar-refractivity contribution is 14.1. The van der Waals surface area contributed by atoms with Gasteiger partial charge in [-0.15, -0.1) is 0 Å². The molecule has 0 atom stereocenters. The zero-order valence-corrected chi connectivity index (χ0v) is 17.5. The largest absolute Gasteiger partial charge is 0.353 e. The Balaban J connectivity index is 1.93. The predicted molar refractivity (Wildman–Crippen MR) is 110 cm³/mol. The molecule has 0 spiro atoms. The lowest BCUT2D eigenvalue weighted by atomic mass is 10.2. The van der Waals surface area contributed by atoms with Crippen LogP contribution in [0.25, 0.3) is 0 Å². The first-order valence-corrected chi connectivity index (χ1v) is 10.8. The Morgan fingerprint density at radius 1 is 1.22 bits per heavy atom. The highest BCUT2D eigenvalue weighted by Gasteiger charge is 2.25. The molecule has 1 aliphatic carbocycles. The summed E-state index contributed by atoms with van der Waals surface area (Å²) in [6.07, 6.45) is 2.02. The van der Waals surface area contributed by atoms with E-state index in [1.54, 1.807) is 18.2 Å². The molecule has 0 heterocycles. The molecule has 0 radical (unpaired) electrons. The van der Waals surface area contributed by atoms with Gasteiger partial charge >= 0.3 is 0 Å². The van der Waals surface area contributed by atoms with Crippen LogP contribution in [0.5, 0.6) is 0 Å². The third kappa shape index (κ3) is 5.29. The molecule has 11 heteroatoms. The molecule has 0 aromatic heterocycles. The van der Waals surface area contributed by atoms with Crippen molar-refractivity contribution in [3.05, 3.63) is 55.1 Å². The molecule has 144 valence electrons. The minimum atomic E-state index is -4.04. The summed E-state index contributed by atoms with van der Waals surface area (Å²) in [6, 6.07) is 8.55. The number of nitrogens with one attached hydrogen (secondary N) is 2. The summed E-state index contributed by atoms with van der Waals surface area (Å²) in [5, 5.41) is 14.3. The molecular formula is C16H15ClIN3O5S. The molecule has 2 aromatic carbocycles. The summed E-state index contributed by atoms with van der Waals surface area (Å²) in [6.45, 7) is 0.290. The summed E-state index contributed by atoms with van der Waals surface area (Å²) in [7, 11) is -4.04. The van der Waals surface area contributed by atoms with Crippen LogP contribution in [0, 0.1) is 19.6 Å². The van der Waals surface area contributed by atoms with E-state index in [1.807, 2.05) is 0 Å². The standard InChI is InChI=1S/C16H15ClIN3O5S/c17-13-7-11(18)3-5-14(13)19-15-8-12(21(22)23)4-6-16(15)27(24,25)20-26-9-10-1-2-10/h3-8,10,19-20H,1-2,9H2. The Bertz CT molecular complexity index is 982. The van der Waals surface area contributed by atoms with Crippen molar-refractivity contribution < 1.29 is 18.2 Å². The van der Waals surface area contributed by atoms with E-state index in [4.69, 9.17) is 16.4 Å². The first-order valence-electron chi connectivity index (χ1n) is 7.90. The van der Waals surface area contributed by atoms with Crippen molar-refractivity contribution in [3.63, 3.8) is 0 Å². The molecule has 0 unspecified atom stereocenters. The zero-order chi connectivity index (χ0) is 19.6. The molecule has 1 saturated carbocycles. The normalized spacial score (nSPS) is 14.1. The van der Waals surface area contributed by atoms with E-state index in [0.717, 1.165) is 34.6 Å². The maximum Gasteiger partial charge on any atom is 0.271 e. The van der Waals surface area contributed by atoms with Crippen molar-refractivity contribution >= 4 is 61.3 Å². The van der Waals surface area contributed by atoms with E-state index < -0.39 is 14.9 Å². The Kier molecular flexibility index (Phi) is 6.21. The number of hydrogen-bond acceptors (Lipinski definition) is 6. The fourth-order valence-electron chi connectivity index (χ4n) is 2.26. The first kappa shape index (κ1) is 20.3. The average molecular weight is 524 g/mol. The monoisotopic (exact) mass is 523 g/mol. The lowest BCUT2D eigenvalue weighted by Gasteiger charge is -2.14. The van der Waals surface area contributed by atoms with E-state index in [9.17, 15) is 18.5 Å². The minimum absolute atomic E-state index is 0.0230. The van der Waals surface area contributed by atoms with Gasteiger partial charge in [-0.25, -0.2) is 8.42 Å². The minimum Gasteiger partial charge on any atom is -0.353 e. The van der Waals surface area contributed by atoms with Crippen LogP contribution in [0.4, 0.5) is 17.1 Å². The van der Waals surface area contributed by atoms with Gasteiger partial charge in [-0.3, -0.25) is 15.0 Å². The summed E-state index contributed by atoms with van der Waals surface area (Å²) < 4.78 is 26.1. The van der Waals surface area contributed by atoms with Crippen LogP contribution in [0.2, 0.25) is 5.02 Å². The molecule has 2 N–H and O–H groups in total. The number of rotatable bonds is 8. The van der Waals surface area contributed by atoms with Gasteiger partial charge in [0.05, 0.1) is 27.9 Å². The molecule has 3 rings (SSSR count). The van der Waals surface area contributed by atoms with E-state index in [2.05, 4.69) is 32.8 Å². The lowest BCUT2D eigenvalue weighted by Crippen LogP contribution is -2.25. The molecule has 1 fully saturated rings. The molecule has 0 saturated heterocycles. The molecule has 27 heavy (non-hydrogen) atoms. The predicted octanol–water partition coefficient (Wildman–Crippen LogP) is 4.22. The van der Waals surface area contributed by atoms with Crippen molar-refractivity contribution in [1.29, 1.82) is 0 Å². The third-order valence-corrected chi connectivity index (χ3v) is 6.10. The smallest absolute Gasteiger partial charge is 0.271 e. The Morgan fingerprint density at radius 2 is 1.96 bits per heavy atom. The number of nitro groups is 1. The highest BCUT2D eigenvalue weighted by atomic mass is 127. The summed E-state index contributed by atoms with van der Waals surface area (Å²) >= 11 is 8.27. The SMILES string of the molecule is O=[N+]([O-])c1ccc(S(=O)(=O)NOCC2CC2)c(Nc2ccc(I)cc2Cl)c1. The van der Waals surface area contributed by atoms with Gasteiger partial charge in [0, 0.05) is 15.7 Å². The second-order valence-corrected chi connectivity index (χ2v) is 9.29. The summed E-state index contributed by atoms with van der Waals surface area (Å²) in [5.41, 5.74) is 0.194. The van der Waals surface area contributed by atoms with E-state index in [1.165, 1.54) is 0 Å². The molecule has 0 amide bonds. The molecule has 8 nitrogen and oxygen atoms in total. The van der Waals surface area contributed by atoms with Crippen molar-refractivity contribution in [2.75, 3.05) is 11.9 Å². The molecule has 2 aromatic rings. The van der Waals surface area contributed by atoms with Crippen LogP contribution in [-0.2, 0) is 14.9 Å². The topological polar surface area (TPSA) is 111 Å². The van der Waals surface area contributed by atoms with E-state index in [-0.39, 0.29) is 22.9 Å². The van der Waals surface area contributed by atoms with Gasteiger partial charge in [-0.05, 0) is 65.6 Å². The maximum absolute atomic E-state index is 12.6. The Morgan fingerprint density at radius 3 is 2.59 bits per heavy atom. The van der Waals surface area contributed by atoms with Gasteiger partial charge in [0.2, 0.25) is 0 Å². The highest BCUT2D eigenvalue weighted by Crippen LogP contribution is 2.33. The van der Waals surface area contributed by atoms with Gasteiger partial charge in [0.25, 0.3) is 15.7 Å². The van der Waals surface area contributed by atoms with Gasteiger partial charge in [0.1, 0.15) is 4.90 Å². The number of halogens is 2. The molecular weight excluding hydrogens is 509 g/mol. The number of non-ortho nitro benzene ring substituents is 1. The van der Waals surface area contributed by atoms with Crippen molar-refractivity contribution in [1.82, 2.24) is 4.89 Å². The maximum atomic E-state index is 12.6. The van der Waals surface area contributed by atoms with Gasteiger partial charge in [-0.1, -0.05) is 16.5 Å². The molecule has 1 aliphatic rings. The Hall–Kier alpha value is -1.47. The number of anilines is 2. The van der Waals surface area contributed by atoms with Gasteiger partial charge in [-0.2, -0.15) is 0 Å². The zero-order valence-electron chi connectivity index (χ0n) is 13.8. The molecule has 0 aliphatic heterocycles. The summed E-state index contributed by atoms with van der Waals surface area (Å²) in [5.74, 6) is 0.368. The number of hydrogen-bond donors (Lipinski definition) is 2. The number of benzene rings is 2. The average Bonchev–Trinajstić information content (AvgIpc) is 3.41. The fraction of sp³-hybridized carbons (Fsp3) is 0.250. The van der Waals surface area contributed by atoms with Gasteiger partial charge < -0.3 is 5.32 Å². The van der Waals surface area contributed by atoms with Gasteiger partial charge in [0.15, 0.2) is 0 Å². The Labute approximate surface area is 174 Å². The quantitative estimate of drug-likeness (QED) is 0.305. The van der Waals surface area contributed by atoms with Crippen LogP contribution in [0.3, 0.4) is 0 Å². The van der Waals surface area contributed by atoms with Crippen LogP contribution in [0.1, 0.15) is 12.8 Å². The molecule has 0 bridgehead atoms. The lowest BCUT2D eigenvalue weighted by molar-refractivity contribution is -0.384.